The van der Waals surface area contributed by atoms with E-state index >= 15 is 0 Å². The van der Waals surface area contributed by atoms with Crippen LogP contribution in [-0.2, 0) is 0 Å². The van der Waals surface area contributed by atoms with Crippen molar-refractivity contribution in [1.82, 2.24) is 20.2 Å². The third kappa shape index (κ3) is 3.46. The number of rotatable bonds is 6. The van der Waals surface area contributed by atoms with Crippen molar-refractivity contribution in [3.05, 3.63) is 60.2 Å². The molecule has 0 spiro atoms. The molecule has 0 radical (unpaired) electrons. The number of hydrogen-bond acceptors (Lipinski definition) is 6. The summed E-state index contributed by atoms with van der Waals surface area (Å²) in [6, 6.07) is 16.7. The lowest BCUT2D eigenvalue weighted by molar-refractivity contribution is 0.0994. The Labute approximate surface area is 143 Å². The van der Waals surface area contributed by atoms with E-state index in [9.17, 15) is 4.79 Å². The van der Waals surface area contributed by atoms with E-state index in [4.69, 9.17) is 4.74 Å². The lowest BCUT2D eigenvalue weighted by Gasteiger charge is -2.10. The van der Waals surface area contributed by atoms with Crippen LogP contribution in [0, 0.1) is 0 Å². The zero-order chi connectivity index (χ0) is 16.9. The van der Waals surface area contributed by atoms with Crippen LogP contribution in [0.5, 0.6) is 5.75 Å². The molecule has 0 amide bonds. The number of carbonyl (C=O) groups is 1. The average Bonchev–Trinajstić information content (AvgIpc) is 3.10. The van der Waals surface area contributed by atoms with Crippen molar-refractivity contribution in [3.8, 4) is 11.4 Å². The minimum Gasteiger partial charge on any atom is -0.497 e. The standard InChI is InChI=1S/C17H16N4O2S/c1-12(16(22)13-8-10-15(23-2)11-9-13)24-17-18-19-20-21(17)14-6-4-3-5-7-14/h3-12H,1-2H3/t12-/m1/s1. The molecular formula is C17H16N4O2S. The van der Waals surface area contributed by atoms with E-state index in [1.54, 1.807) is 36.1 Å². The normalized spacial score (nSPS) is 11.9. The summed E-state index contributed by atoms with van der Waals surface area (Å²) in [5, 5.41) is 12.0. The molecular weight excluding hydrogens is 324 g/mol. The molecule has 0 N–H and O–H groups in total. The first-order chi connectivity index (χ1) is 11.7. The highest BCUT2D eigenvalue weighted by atomic mass is 32.2. The molecule has 0 fully saturated rings. The first kappa shape index (κ1) is 16.2. The van der Waals surface area contributed by atoms with Crippen LogP contribution in [0.4, 0.5) is 0 Å². The summed E-state index contributed by atoms with van der Waals surface area (Å²) in [6.45, 7) is 1.85. The number of methoxy groups -OCH3 is 1. The third-order valence-corrected chi connectivity index (χ3v) is 4.50. The SMILES string of the molecule is COc1ccc(C(=O)[C@@H](C)Sc2nnnn2-c2ccccc2)cc1. The van der Waals surface area contributed by atoms with E-state index in [1.165, 1.54) is 11.8 Å². The van der Waals surface area contributed by atoms with Crippen LogP contribution in [0.2, 0.25) is 0 Å². The van der Waals surface area contributed by atoms with E-state index in [2.05, 4.69) is 15.5 Å². The molecule has 6 nitrogen and oxygen atoms in total. The largest absolute Gasteiger partial charge is 0.497 e. The fraction of sp³-hybridized carbons (Fsp3) is 0.176. The lowest BCUT2D eigenvalue weighted by Crippen LogP contribution is -2.14. The molecule has 0 saturated carbocycles. The minimum atomic E-state index is -0.313. The number of tetrazole rings is 1. The van der Waals surface area contributed by atoms with Gasteiger partial charge in [-0.15, -0.1) is 5.10 Å². The molecule has 1 heterocycles. The predicted molar refractivity (Wildman–Crippen MR) is 91.8 cm³/mol. The minimum absolute atomic E-state index is 0.0188. The number of ketones is 1. The van der Waals surface area contributed by atoms with Gasteiger partial charge in [0.2, 0.25) is 5.16 Å². The van der Waals surface area contributed by atoms with Crippen LogP contribution >= 0.6 is 11.8 Å². The van der Waals surface area contributed by atoms with E-state index in [1.807, 2.05) is 37.3 Å². The van der Waals surface area contributed by atoms with Gasteiger partial charge in [-0.1, -0.05) is 30.0 Å². The molecule has 1 aromatic heterocycles. The average molecular weight is 340 g/mol. The Morgan fingerprint density at radius 3 is 2.50 bits per heavy atom. The van der Waals surface area contributed by atoms with Crippen LogP contribution < -0.4 is 4.74 Å². The quantitative estimate of drug-likeness (QED) is 0.507. The molecule has 0 bridgehead atoms. The molecule has 2 aromatic carbocycles. The van der Waals surface area contributed by atoms with Gasteiger partial charge in [-0.25, -0.2) is 0 Å². The Bertz CT molecular complexity index is 818. The van der Waals surface area contributed by atoms with E-state index in [0.717, 1.165) is 11.4 Å². The van der Waals surface area contributed by atoms with Crippen molar-refractivity contribution >= 4 is 17.5 Å². The van der Waals surface area contributed by atoms with Crippen LogP contribution in [0.15, 0.2) is 59.8 Å². The number of nitrogens with zero attached hydrogens (tertiary/aromatic N) is 4. The van der Waals surface area contributed by atoms with Gasteiger partial charge in [0.1, 0.15) is 5.75 Å². The second kappa shape index (κ2) is 7.27. The summed E-state index contributed by atoms with van der Waals surface area (Å²) >= 11 is 1.33. The molecule has 24 heavy (non-hydrogen) atoms. The Kier molecular flexibility index (Phi) is 4.90. The van der Waals surface area contributed by atoms with Gasteiger partial charge in [-0.3, -0.25) is 4.79 Å². The summed E-state index contributed by atoms with van der Waals surface area (Å²) < 4.78 is 6.74. The topological polar surface area (TPSA) is 69.9 Å². The Morgan fingerprint density at radius 1 is 1.12 bits per heavy atom. The van der Waals surface area contributed by atoms with Crippen molar-refractivity contribution in [2.45, 2.75) is 17.3 Å². The van der Waals surface area contributed by atoms with Gasteiger partial charge in [-0.05, 0) is 53.7 Å². The number of carbonyl (C=O) groups excluding carboxylic acids is 1. The molecule has 7 heteroatoms. The summed E-state index contributed by atoms with van der Waals surface area (Å²) in [5.41, 5.74) is 1.49. The van der Waals surface area contributed by atoms with Gasteiger partial charge in [0.15, 0.2) is 5.78 Å². The van der Waals surface area contributed by atoms with Crippen LogP contribution in [-0.4, -0.2) is 38.4 Å². The van der Waals surface area contributed by atoms with Crippen LogP contribution in [0.3, 0.4) is 0 Å². The number of Topliss-reactive ketones (excluding diaryl/α,β-unsaturated/α-hetero) is 1. The van der Waals surface area contributed by atoms with Crippen molar-refractivity contribution in [3.63, 3.8) is 0 Å². The van der Waals surface area contributed by atoms with E-state index < -0.39 is 0 Å². The number of para-hydroxylation sites is 1. The fourth-order valence-corrected chi connectivity index (χ4v) is 3.07. The number of benzene rings is 2. The first-order valence-electron chi connectivity index (χ1n) is 7.38. The van der Waals surface area contributed by atoms with Crippen LogP contribution in [0.1, 0.15) is 17.3 Å². The molecule has 0 unspecified atom stereocenters. The van der Waals surface area contributed by atoms with Gasteiger partial charge in [0, 0.05) is 5.56 Å². The Hall–Kier alpha value is -2.67. The van der Waals surface area contributed by atoms with Gasteiger partial charge in [-0.2, -0.15) is 4.68 Å². The zero-order valence-electron chi connectivity index (χ0n) is 13.3. The molecule has 3 rings (SSSR count). The van der Waals surface area contributed by atoms with Gasteiger partial charge < -0.3 is 4.74 Å². The number of aromatic nitrogens is 4. The molecule has 3 aromatic rings. The second-order valence-electron chi connectivity index (χ2n) is 5.06. The van der Waals surface area contributed by atoms with E-state index in [-0.39, 0.29) is 11.0 Å². The highest BCUT2D eigenvalue weighted by Crippen LogP contribution is 2.25. The summed E-state index contributed by atoms with van der Waals surface area (Å²) in [7, 11) is 1.60. The molecule has 0 aliphatic heterocycles. The first-order valence-corrected chi connectivity index (χ1v) is 8.25. The predicted octanol–water partition coefficient (Wildman–Crippen LogP) is 3.03. The maximum atomic E-state index is 12.6. The van der Waals surface area contributed by atoms with Crippen molar-refractivity contribution < 1.29 is 9.53 Å². The highest BCUT2D eigenvalue weighted by molar-refractivity contribution is 8.00. The summed E-state index contributed by atoms with van der Waals surface area (Å²) in [4.78, 5) is 12.6. The summed E-state index contributed by atoms with van der Waals surface area (Å²) in [6.07, 6.45) is 0. The molecule has 0 saturated heterocycles. The molecule has 0 aliphatic carbocycles. The molecule has 122 valence electrons. The summed E-state index contributed by atoms with van der Waals surface area (Å²) in [5.74, 6) is 0.741. The second-order valence-corrected chi connectivity index (χ2v) is 6.37. The van der Waals surface area contributed by atoms with Crippen LogP contribution in [0.25, 0.3) is 5.69 Å². The molecule has 1 atom stereocenters. The van der Waals surface area contributed by atoms with Crippen molar-refractivity contribution in [2.75, 3.05) is 7.11 Å². The fourth-order valence-electron chi connectivity index (χ4n) is 2.19. The maximum absolute atomic E-state index is 12.6. The lowest BCUT2D eigenvalue weighted by atomic mass is 10.1. The van der Waals surface area contributed by atoms with Gasteiger partial charge in [0.05, 0.1) is 18.0 Å². The monoisotopic (exact) mass is 340 g/mol. The number of thioether (sulfide) groups is 1. The maximum Gasteiger partial charge on any atom is 0.214 e. The Morgan fingerprint density at radius 2 is 1.83 bits per heavy atom. The van der Waals surface area contributed by atoms with E-state index in [0.29, 0.717) is 10.7 Å². The Balaban J connectivity index is 1.76. The van der Waals surface area contributed by atoms with Crippen molar-refractivity contribution in [2.24, 2.45) is 0 Å². The van der Waals surface area contributed by atoms with Crippen molar-refractivity contribution in [1.29, 1.82) is 0 Å². The van der Waals surface area contributed by atoms with Gasteiger partial charge >= 0.3 is 0 Å². The third-order valence-electron chi connectivity index (χ3n) is 3.47. The highest BCUT2D eigenvalue weighted by Gasteiger charge is 2.20. The number of ether oxygens (including phenoxy) is 1. The smallest absolute Gasteiger partial charge is 0.214 e. The molecule has 0 aliphatic rings. The van der Waals surface area contributed by atoms with Gasteiger partial charge in [0.25, 0.3) is 0 Å². The number of hydrogen-bond donors (Lipinski definition) is 0. The zero-order valence-corrected chi connectivity index (χ0v) is 14.1.